The van der Waals surface area contributed by atoms with Crippen molar-refractivity contribution in [3.05, 3.63) is 93.5 Å². The number of benzene rings is 2. The molecule has 2 aromatic carbocycles. The molecule has 7 heteroatoms. The number of likely N-dealkylation sites (tertiary alicyclic amines) is 1. The first-order valence-corrected chi connectivity index (χ1v) is 10.1. The number of ether oxygens (including phenoxy) is 1. The van der Waals surface area contributed by atoms with Gasteiger partial charge in [-0.2, -0.15) is 0 Å². The van der Waals surface area contributed by atoms with Crippen molar-refractivity contribution in [2.45, 2.75) is 12.6 Å². The van der Waals surface area contributed by atoms with Gasteiger partial charge in [-0.3, -0.25) is 9.59 Å². The van der Waals surface area contributed by atoms with Crippen LogP contribution in [0.3, 0.4) is 0 Å². The summed E-state index contributed by atoms with van der Waals surface area (Å²) in [6.07, 6.45) is 1.39. The molecule has 1 aromatic heterocycles. The van der Waals surface area contributed by atoms with E-state index in [-0.39, 0.29) is 30.1 Å². The Morgan fingerprint density at radius 3 is 2.34 bits per heavy atom. The zero-order valence-electron chi connectivity index (χ0n) is 17.5. The minimum atomic E-state index is -0.476. The lowest BCUT2D eigenvalue weighted by Crippen LogP contribution is -2.54. The number of carbonyl (C=O) groups is 1. The highest BCUT2D eigenvalue weighted by molar-refractivity contribution is 5.94. The first-order chi connectivity index (χ1) is 15.5. The minimum Gasteiger partial charge on any atom is -0.502 e. The predicted molar refractivity (Wildman–Crippen MR) is 120 cm³/mol. The van der Waals surface area contributed by atoms with E-state index >= 15 is 0 Å². The predicted octanol–water partition coefficient (Wildman–Crippen LogP) is 2.83. The van der Waals surface area contributed by atoms with E-state index in [0.717, 1.165) is 16.8 Å². The van der Waals surface area contributed by atoms with Gasteiger partial charge in [0.05, 0.1) is 18.9 Å². The first-order valence-electron chi connectivity index (χ1n) is 10.1. The number of hydrogen-bond donors (Lipinski definition) is 2. The Balaban J connectivity index is 1.34. The van der Waals surface area contributed by atoms with Crippen LogP contribution in [0.25, 0.3) is 0 Å². The fourth-order valence-electron chi connectivity index (χ4n) is 3.21. The summed E-state index contributed by atoms with van der Waals surface area (Å²) in [6.45, 7) is 1.44. The summed E-state index contributed by atoms with van der Waals surface area (Å²) in [7, 11) is 1.65. The van der Waals surface area contributed by atoms with Crippen LogP contribution < -0.4 is 10.7 Å². The van der Waals surface area contributed by atoms with E-state index in [4.69, 9.17) is 9.15 Å². The van der Waals surface area contributed by atoms with E-state index in [0.29, 0.717) is 18.7 Å². The third-order valence-electron chi connectivity index (χ3n) is 5.22. The second-order valence-electron chi connectivity index (χ2n) is 7.38. The number of carbonyl (C=O) groups excluding carboxylic acids is 1. The number of methoxy groups -OCH3 is 1. The SMILES string of the molecule is COC1CN(C(=O)c2ccc(C#Cc3ccc(NCc4occc(=O)c4O)cc3)cc2)C1. The molecule has 3 aromatic rings. The maximum Gasteiger partial charge on any atom is 0.254 e. The normalized spacial score (nSPS) is 13.1. The fraction of sp³-hybridized carbons (Fsp3) is 0.200. The fourth-order valence-corrected chi connectivity index (χ4v) is 3.21. The highest BCUT2D eigenvalue weighted by atomic mass is 16.5. The van der Waals surface area contributed by atoms with Gasteiger partial charge < -0.3 is 24.5 Å². The number of anilines is 1. The molecule has 0 unspecified atom stereocenters. The molecule has 0 saturated carbocycles. The zero-order chi connectivity index (χ0) is 22.5. The molecule has 2 N–H and O–H groups in total. The van der Waals surface area contributed by atoms with E-state index in [2.05, 4.69) is 17.2 Å². The van der Waals surface area contributed by atoms with Gasteiger partial charge in [-0.05, 0) is 48.5 Å². The van der Waals surface area contributed by atoms with Crippen LogP contribution in [0.2, 0.25) is 0 Å². The Kier molecular flexibility index (Phi) is 6.24. The molecule has 0 radical (unpaired) electrons. The standard InChI is InChI=1S/C25H22N2O5/c1-31-21-15-27(16-21)25(30)19-8-4-17(5-9-19)2-3-18-6-10-20(11-7-18)26-14-23-24(29)22(28)12-13-32-23/h4-13,21,26,29H,14-16H2,1H3. The molecule has 0 aliphatic carbocycles. The monoisotopic (exact) mass is 430 g/mol. The highest BCUT2D eigenvalue weighted by Gasteiger charge is 2.30. The maximum atomic E-state index is 12.4. The van der Waals surface area contributed by atoms with Crippen LogP contribution in [0.15, 0.2) is 70.1 Å². The van der Waals surface area contributed by atoms with Gasteiger partial charge in [0.25, 0.3) is 5.91 Å². The molecule has 1 aliphatic heterocycles. The van der Waals surface area contributed by atoms with E-state index < -0.39 is 5.43 Å². The lowest BCUT2D eigenvalue weighted by atomic mass is 10.1. The van der Waals surface area contributed by atoms with Gasteiger partial charge in [-0.15, -0.1) is 0 Å². The number of hydrogen-bond acceptors (Lipinski definition) is 6. The summed E-state index contributed by atoms with van der Waals surface area (Å²) in [6, 6.07) is 15.9. The van der Waals surface area contributed by atoms with Crippen molar-refractivity contribution in [1.82, 2.24) is 4.90 Å². The van der Waals surface area contributed by atoms with Gasteiger partial charge >= 0.3 is 0 Å². The Labute approximate surface area is 185 Å². The largest absolute Gasteiger partial charge is 0.502 e. The molecule has 4 rings (SSSR count). The molecule has 162 valence electrons. The number of amides is 1. The summed E-state index contributed by atoms with van der Waals surface area (Å²) in [5.74, 6) is 5.98. The van der Waals surface area contributed by atoms with Gasteiger partial charge in [0.1, 0.15) is 0 Å². The van der Waals surface area contributed by atoms with E-state index in [9.17, 15) is 14.7 Å². The summed E-state index contributed by atoms with van der Waals surface area (Å²) >= 11 is 0. The first kappa shape index (κ1) is 21.2. The average molecular weight is 430 g/mol. The summed E-state index contributed by atoms with van der Waals surface area (Å²) in [4.78, 5) is 25.6. The topological polar surface area (TPSA) is 92.0 Å². The Hall–Kier alpha value is -4.02. The molecule has 1 fully saturated rings. The molecular weight excluding hydrogens is 408 g/mol. The number of rotatable bonds is 5. The van der Waals surface area contributed by atoms with Crippen molar-refractivity contribution < 1.29 is 19.1 Å². The summed E-state index contributed by atoms with van der Waals surface area (Å²) < 4.78 is 10.4. The van der Waals surface area contributed by atoms with E-state index in [1.807, 2.05) is 36.4 Å². The van der Waals surface area contributed by atoms with Gasteiger partial charge in [-0.1, -0.05) is 11.8 Å². The molecule has 0 spiro atoms. The molecule has 1 saturated heterocycles. The molecule has 0 bridgehead atoms. The second kappa shape index (κ2) is 9.41. The lowest BCUT2D eigenvalue weighted by molar-refractivity contribution is -0.0191. The van der Waals surface area contributed by atoms with Crippen molar-refractivity contribution in [1.29, 1.82) is 0 Å². The minimum absolute atomic E-state index is 0.00370. The second-order valence-corrected chi connectivity index (χ2v) is 7.38. The Bertz CT molecular complexity index is 1210. The van der Waals surface area contributed by atoms with Crippen molar-refractivity contribution in [3.63, 3.8) is 0 Å². The zero-order valence-corrected chi connectivity index (χ0v) is 17.5. The van der Waals surface area contributed by atoms with Crippen molar-refractivity contribution >= 4 is 11.6 Å². The molecular formula is C25H22N2O5. The Morgan fingerprint density at radius 1 is 1.09 bits per heavy atom. The lowest BCUT2D eigenvalue weighted by Gasteiger charge is -2.38. The molecule has 32 heavy (non-hydrogen) atoms. The number of aromatic hydroxyl groups is 1. The molecule has 1 amide bonds. The number of nitrogens with zero attached hydrogens (tertiary/aromatic N) is 1. The smallest absolute Gasteiger partial charge is 0.254 e. The van der Waals surface area contributed by atoms with Gasteiger partial charge in [0.2, 0.25) is 11.2 Å². The van der Waals surface area contributed by atoms with Crippen molar-refractivity contribution in [3.8, 4) is 17.6 Å². The molecule has 7 nitrogen and oxygen atoms in total. The van der Waals surface area contributed by atoms with Crippen LogP contribution in [0.4, 0.5) is 5.69 Å². The van der Waals surface area contributed by atoms with Crippen LogP contribution in [-0.4, -0.2) is 42.2 Å². The number of nitrogens with one attached hydrogen (secondary N) is 1. The van der Waals surface area contributed by atoms with Gasteiger partial charge in [-0.25, -0.2) is 0 Å². The van der Waals surface area contributed by atoms with E-state index in [1.54, 1.807) is 24.1 Å². The van der Waals surface area contributed by atoms with Gasteiger partial charge in [0.15, 0.2) is 5.76 Å². The van der Waals surface area contributed by atoms with Crippen LogP contribution in [0.1, 0.15) is 27.2 Å². The van der Waals surface area contributed by atoms with Crippen molar-refractivity contribution in [2.24, 2.45) is 0 Å². The average Bonchev–Trinajstić information content (AvgIpc) is 2.79. The summed E-state index contributed by atoms with van der Waals surface area (Å²) in [5.41, 5.74) is 2.61. The van der Waals surface area contributed by atoms with E-state index in [1.165, 1.54) is 12.3 Å². The van der Waals surface area contributed by atoms with Crippen LogP contribution in [0.5, 0.6) is 5.75 Å². The van der Waals surface area contributed by atoms with Crippen LogP contribution in [0, 0.1) is 11.8 Å². The summed E-state index contributed by atoms with van der Waals surface area (Å²) in [5, 5.41) is 12.8. The van der Waals surface area contributed by atoms with Crippen molar-refractivity contribution in [2.75, 3.05) is 25.5 Å². The van der Waals surface area contributed by atoms with Crippen LogP contribution >= 0.6 is 0 Å². The van der Waals surface area contributed by atoms with Gasteiger partial charge in [0, 0.05) is 48.6 Å². The third-order valence-corrected chi connectivity index (χ3v) is 5.22. The molecule has 2 heterocycles. The quantitative estimate of drug-likeness (QED) is 0.605. The van der Waals surface area contributed by atoms with Crippen LogP contribution in [-0.2, 0) is 11.3 Å². The maximum absolute atomic E-state index is 12.4. The third kappa shape index (κ3) is 4.82. The highest BCUT2D eigenvalue weighted by Crippen LogP contribution is 2.17. The molecule has 1 aliphatic rings. The Morgan fingerprint density at radius 2 is 1.72 bits per heavy atom. The molecule has 0 atom stereocenters.